The number of ether oxygens (including phenoxy) is 2. The van der Waals surface area contributed by atoms with Crippen LogP contribution in [-0.2, 0) is 9.59 Å². The van der Waals surface area contributed by atoms with E-state index in [1.807, 2.05) is 0 Å². The van der Waals surface area contributed by atoms with Crippen LogP contribution in [0, 0.1) is 12.8 Å². The average Bonchev–Trinajstić information content (AvgIpc) is 2.86. The molecule has 2 aromatic rings. The van der Waals surface area contributed by atoms with Crippen LogP contribution < -0.4 is 9.47 Å². The Hall–Kier alpha value is -4.06. The highest BCUT2D eigenvalue weighted by molar-refractivity contribution is 6.08. The summed E-state index contributed by atoms with van der Waals surface area (Å²) in [4.78, 5) is 25.8. The number of ketones is 2. The summed E-state index contributed by atoms with van der Waals surface area (Å²) in [6, 6.07) is 4.27. The summed E-state index contributed by atoms with van der Waals surface area (Å²) in [6.07, 6.45) is -4.56. The van der Waals surface area contributed by atoms with E-state index >= 15 is 0 Å². The summed E-state index contributed by atoms with van der Waals surface area (Å²) >= 11 is 0. The first kappa shape index (κ1) is 27.1. The van der Waals surface area contributed by atoms with Crippen LogP contribution in [0.25, 0.3) is 22.6 Å². The number of hydrogen-bond donors (Lipinski definition) is 7. The molecule has 0 saturated heterocycles. The fourth-order valence-electron chi connectivity index (χ4n) is 6.84. The molecule has 216 valence electrons. The molecule has 4 aliphatic rings. The highest BCUT2D eigenvalue weighted by atomic mass is 16.5. The molecule has 2 aliphatic heterocycles. The van der Waals surface area contributed by atoms with Crippen LogP contribution in [0.3, 0.4) is 0 Å². The summed E-state index contributed by atoms with van der Waals surface area (Å²) in [7, 11) is 0. The maximum absolute atomic E-state index is 13.0. The molecule has 0 aromatic heterocycles. The van der Waals surface area contributed by atoms with Gasteiger partial charge in [0.1, 0.15) is 57.9 Å². The number of hydrogen-bond acceptors (Lipinski definition) is 11. The molecule has 0 spiro atoms. The van der Waals surface area contributed by atoms with Crippen molar-refractivity contribution in [3.63, 3.8) is 0 Å². The molecule has 2 aliphatic carbocycles. The number of aryl methyl sites for hydroxylation is 1. The summed E-state index contributed by atoms with van der Waals surface area (Å²) in [6.45, 7) is 6.14. The lowest BCUT2D eigenvalue weighted by Crippen LogP contribution is -2.59. The molecule has 2 fully saturated rings. The molecule has 0 radical (unpaired) electrons. The Morgan fingerprint density at radius 1 is 0.756 bits per heavy atom. The van der Waals surface area contributed by atoms with E-state index in [1.54, 1.807) is 13.8 Å². The van der Waals surface area contributed by atoms with Gasteiger partial charge in [-0.15, -0.1) is 0 Å². The summed E-state index contributed by atoms with van der Waals surface area (Å²) in [5.41, 5.74) is -3.86. The number of carbonyl (C=O) groups excluding carboxylic acids is 2. The predicted molar refractivity (Wildman–Crippen MR) is 144 cm³/mol. The second kappa shape index (κ2) is 8.48. The van der Waals surface area contributed by atoms with Crippen LogP contribution in [0.1, 0.15) is 50.3 Å². The number of carbonyl (C=O) groups is 2. The van der Waals surface area contributed by atoms with Gasteiger partial charge >= 0.3 is 0 Å². The number of aliphatic hydroxyl groups is 5. The van der Waals surface area contributed by atoms with Gasteiger partial charge in [-0.25, -0.2) is 0 Å². The average molecular weight is 567 g/mol. The highest BCUT2D eigenvalue weighted by Gasteiger charge is 2.56. The molecule has 11 nitrogen and oxygen atoms in total. The molecule has 2 saturated carbocycles. The van der Waals surface area contributed by atoms with Crippen molar-refractivity contribution in [2.75, 3.05) is 0 Å². The van der Waals surface area contributed by atoms with E-state index in [4.69, 9.17) is 9.47 Å². The monoisotopic (exact) mass is 566 g/mol. The van der Waals surface area contributed by atoms with Crippen LogP contribution in [0.2, 0.25) is 0 Å². The van der Waals surface area contributed by atoms with Crippen molar-refractivity contribution in [3.8, 4) is 34.1 Å². The first-order chi connectivity index (χ1) is 19.1. The molecule has 41 heavy (non-hydrogen) atoms. The number of aliphatic hydroxyl groups excluding tert-OH is 5. The number of rotatable bonds is 1. The van der Waals surface area contributed by atoms with Crippen molar-refractivity contribution in [2.24, 2.45) is 5.92 Å². The lowest BCUT2D eigenvalue weighted by Gasteiger charge is -2.45. The largest absolute Gasteiger partial charge is 0.506 e. The van der Waals surface area contributed by atoms with E-state index in [2.05, 4.69) is 0 Å². The third-order valence-electron chi connectivity index (χ3n) is 8.95. The number of fused-ring (bicyclic) bond motifs is 4. The molecule has 6 rings (SSSR count). The Balaban J connectivity index is 1.55. The van der Waals surface area contributed by atoms with E-state index in [0.29, 0.717) is 5.56 Å². The maximum atomic E-state index is 13.0. The quantitative estimate of drug-likeness (QED) is 0.268. The van der Waals surface area contributed by atoms with Crippen molar-refractivity contribution in [1.29, 1.82) is 0 Å². The van der Waals surface area contributed by atoms with Gasteiger partial charge in [0.05, 0.1) is 17.3 Å². The minimum absolute atomic E-state index is 0.00893. The Labute approximate surface area is 234 Å². The van der Waals surface area contributed by atoms with Crippen LogP contribution in [0.5, 0.6) is 23.0 Å². The van der Waals surface area contributed by atoms with Crippen molar-refractivity contribution >= 4 is 23.1 Å². The first-order valence-electron chi connectivity index (χ1n) is 13.2. The zero-order valence-corrected chi connectivity index (χ0v) is 22.7. The Morgan fingerprint density at radius 3 is 1.93 bits per heavy atom. The van der Waals surface area contributed by atoms with Crippen molar-refractivity contribution in [1.82, 2.24) is 0 Å². The topological polar surface area (TPSA) is 194 Å². The Morgan fingerprint density at radius 2 is 1.29 bits per heavy atom. The van der Waals surface area contributed by atoms with E-state index in [9.17, 15) is 45.3 Å². The lowest BCUT2D eigenvalue weighted by atomic mass is 9.70. The molecule has 2 aromatic carbocycles. The van der Waals surface area contributed by atoms with Crippen LogP contribution >= 0.6 is 0 Å². The minimum atomic E-state index is -1.78. The third kappa shape index (κ3) is 3.36. The maximum Gasteiger partial charge on any atom is 0.169 e. The van der Waals surface area contributed by atoms with E-state index in [1.165, 1.54) is 32.0 Å². The van der Waals surface area contributed by atoms with E-state index < -0.39 is 76.4 Å². The fraction of sp³-hybridized carbons (Fsp3) is 0.400. The standard InChI is InChI=1S/C30H30O11/c1-10-8-17-20(26(37)22-14(32)9-15(33)28(39)30(22,4)41-17)24(35)18(10)12-5-6-16-19(23(12)34)25(36)21-13(31)7-11(2)27(38)29(21,3)40-16/h5-6,8,11,15,27-28,33-39H,7,9H2,1-4H3. The number of benzene rings is 2. The molecule has 0 bridgehead atoms. The summed E-state index contributed by atoms with van der Waals surface area (Å²) < 4.78 is 12.0. The smallest absolute Gasteiger partial charge is 0.169 e. The second-order valence-electron chi connectivity index (χ2n) is 11.7. The van der Waals surface area contributed by atoms with E-state index in [0.717, 1.165) is 0 Å². The van der Waals surface area contributed by atoms with Gasteiger partial charge in [0.2, 0.25) is 0 Å². The van der Waals surface area contributed by atoms with Gasteiger partial charge in [-0.3, -0.25) is 9.59 Å². The lowest BCUT2D eigenvalue weighted by molar-refractivity contribution is -0.139. The second-order valence-corrected chi connectivity index (χ2v) is 11.7. The Bertz CT molecular complexity index is 1640. The molecule has 2 heterocycles. The SMILES string of the molecule is Cc1cc2c(c(O)c1-c1ccc3c(c1O)C(O)=C1C(=O)CC(C)C(O)C1(C)O3)C(O)=C1C(=O)CC(O)C(O)C1(C)O2. The molecule has 6 atom stereocenters. The number of aromatic hydroxyl groups is 2. The van der Waals surface area contributed by atoms with Gasteiger partial charge in [0.25, 0.3) is 0 Å². The molecule has 11 heteroatoms. The van der Waals surface area contributed by atoms with Gasteiger partial charge in [-0.1, -0.05) is 6.92 Å². The summed E-state index contributed by atoms with van der Waals surface area (Å²) in [5, 5.41) is 77.0. The number of phenols is 2. The molecule has 7 N–H and O–H groups in total. The van der Waals surface area contributed by atoms with Crippen LogP contribution in [0.15, 0.2) is 29.3 Å². The fourth-order valence-corrected chi connectivity index (χ4v) is 6.84. The van der Waals surface area contributed by atoms with Gasteiger partial charge in [-0.05, 0) is 50.5 Å². The minimum Gasteiger partial charge on any atom is -0.506 e. The van der Waals surface area contributed by atoms with Crippen molar-refractivity contribution in [3.05, 3.63) is 46.0 Å². The van der Waals surface area contributed by atoms with Crippen molar-refractivity contribution in [2.45, 2.75) is 70.1 Å². The zero-order chi connectivity index (χ0) is 29.9. The molecular weight excluding hydrogens is 536 g/mol. The zero-order valence-electron chi connectivity index (χ0n) is 22.7. The predicted octanol–water partition coefficient (Wildman–Crippen LogP) is 2.58. The van der Waals surface area contributed by atoms with Gasteiger partial charge < -0.3 is 45.2 Å². The van der Waals surface area contributed by atoms with Gasteiger partial charge in [-0.2, -0.15) is 0 Å². The normalized spacial score (nSPS) is 32.5. The third-order valence-corrected chi connectivity index (χ3v) is 8.95. The summed E-state index contributed by atoms with van der Waals surface area (Å²) in [5.74, 6) is -3.87. The van der Waals surface area contributed by atoms with Crippen LogP contribution in [0.4, 0.5) is 0 Å². The molecule has 0 amide bonds. The highest BCUT2D eigenvalue weighted by Crippen LogP contribution is 2.55. The van der Waals surface area contributed by atoms with Gasteiger partial charge in [0, 0.05) is 24.0 Å². The number of phenolic OH excluding ortho intramolecular Hbond substituents is 2. The van der Waals surface area contributed by atoms with E-state index in [-0.39, 0.29) is 51.3 Å². The Kier molecular flexibility index (Phi) is 5.61. The van der Waals surface area contributed by atoms with Crippen molar-refractivity contribution < 1.29 is 54.8 Å². The molecular formula is C30H30O11. The number of Topliss-reactive ketones (excluding diaryl/α,β-unsaturated/α-hetero) is 2. The first-order valence-corrected chi connectivity index (χ1v) is 13.2. The van der Waals surface area contributed by atoms with Crippen LogP contribution in [-0.4, -0.2) is 76.8 Å². The molecule has 6 unspecified atom stereocenters. The van der Waals surface area contributed by atoms with Gasteiger partial charge in [0.15, 0.2) is 22.8 Å².